The minimum Gasteiger partial charge on any atom is -0.211 e. The zero-order valence-corrected chi connectivity index (χ0v) is 21.6. The molecule has 0 fully saturated rings. The van der Waals surface area contributed by atoms with Crippen molar-refractivity contribution >= 4 is 94.2 Å². The van der Waals surface area contributed by atoms with Crippen LogP contribution in [0.15, 0.2) is 75.0 Å². The number of hydrogen-bond acceptors (Lipinski definition) is 4. The second-order valence-corrected chi connectivity index (χ2v) is 9.04. The molecule has 0 saturated heterocycles. The Bertz CT molecular complexity index is 1220. The van der Waals surface area contributed by atoms with Gasteiger partial charge in [-0.25, -0.2) is 5.43 Å². The molecule has 0 aliphatic carbocycles. The minimum atomic E-state index is 0.226. The molecule has 0 spiro atoms. The Morgan fingerprint density at radius 1 is 0.647 bits per heavy atom. The maximum absolute atomic E-state index is 6.17. The molecule has 3 aromatic rings. The second kappa shape index (κ2) is 13.1. The number of hydrazone groups is 1. The van der Waals surface area contributed by atoms with E-state index in [0.29, 0.717) is 46.8 Å². The number of hydrogen-bond donors (Lipinski definition) is 2. The Morgan fingerprint density at radius 2 is 1.12 bits per heavy atom. The van der Waals surface area contributed by atoms with Crippen LogP contribution in [0.4, 0.5) is 0 Å². The normalized spacial score (nSPS) is 12.4. The first-order valence-corrected chi connectivity index (χ1v) is 11.7. The highest BCUT2D eigenvalue weighted by Crippen LogP contribution is 2.21. The molecule has 12 heteroatoms. The quantitative estimate of drug-likeness (QED) is 0.149. The van der Waals surface area contributed by atoms with E-state index in [-0.39, 0.29) is 5.96 Å². The molecule has 0 bridgehead atoms. The Hall–Kier alpha value is -2.16. The molecule has 0 atom stereocenters. The highest BCUT2D eigenvalue weighted by Gasteiger charge is 2.04. The van der Waals surface area contributed by atoms with E-state index in [9.17, 15) is 0 Å². The molecule has 0 aromatic heterocycles. The van der Waals surface area contributed by atoms with Crippen LogP contribution in [-0.2, 0) is 0 Å². The number of benzene rings is 3. The summed E-state index contributed by atoms with van der Waals surface area (Å²) in [6.45, 7) is 0. The van der Waals surface area contributed by atoms with Crippen molar-refractivity contribution in [3.05, 3.63) is 101 Å². The van der Waals surface area contributed by atoms with E-state index < -0.39 is 0 Å². The third-order valence-corrected chi connectivity index (χ3v) is 5.73. The third-order valence-electron chi connectivity index (χ3n) is 4.04. The van der Waals surface area contributed by atoms with Crippen molar-refractivity contribution in [2.75, 3.05) is 0 Å². The Balaban J connectivity index is 1.77. The Kier molecular flexibility index (Phi) is 10.2. The van der Waals surface area contributed by atoms with Crippen LogP contribution in [0.5, 0.6) is 0 Å². The summed E-state index contributed by atoms with van der Waals surface area (Å²) in [7, 11) is 0. The fraction of sp³-hybridized carbons (Fsp3) is 0. The SMILES string of the molecule is Clc1ccc(C=NN=C(NN=Cc2ccc(Cl)cc2Cl)[NH2+]N=Cc2ccc(Cl)cc2Cl)c(Cl)c1. The maximum Gasteiger partial charge on any atom is 0.365 e. The van der Waals surface area contributed by atoms with E-state index in [1.54, 1.807) is 60.8 Å². The molecule has 34 heavy (non-hydrogen) atoms. The lowest BCUT2D eigenvalue weighted by molar-refractivity contribution is -0.549. The largest absolute Gasteiger partial charge is 0.365 e. The summed E-state index contributed by atoms with van der Waals surface area (Å²) < 4.78 is 0. The van der Waals surface area contributed by atoms with Gasteiger partial charge in [0.1, 0.15) is 0 Å². The maximum atomic E-state index is 6.17. The summed E-state index contributed by atoms with van der Waals surface area (Å²) in [5.74, 6) is 0.226. The van der Waals surface area contributed by atoms with Crippen LogP contribution in [-0.4, -0.2) is 24.6 Å². The molecular weight excluding hydrogens is 561 g/mol. The first kappa shape index (κ1) is 26.4. The highest BCUT2D eigenvalue weighted by atomic mass is 35.5. The average molecular weight is 576 g/mol. The zero-order chi connectivity index (χ0) is 24.5. The molecule has 6 nitrogen and oxygen atoms in total. The summed E-state index contributed by atoms with van der Waals surface area (Å²) in [4.78, 5) is 0. The Labute approximate surface area is 225 Å². The van der Waals surface area contributed by atoms with E-state index in [1.165, 1.54) is 17.9 Å². The number of nitrogens with two attached hydrogens (primary N) is 1. The molecule has 3 aromatic carbocycles. The average Bonchev–Trinajstić information content (AvgIpc) is 2.77. The molecule has 0 radical (unpaired) electrons. The number of guanidine groups is 1. The smallest absolute Gasteiger partial charge is 0.211 e. The monoisotopic (exact) mass is 573 g/mol. The lowest BCUT2D eigenvalue weighted by atomic mass is 10.2. The van der Waals surface area contributed by atoms with Gasteiger partial charge in [0.15, 0.2) is 0 Å². The third kappa shape index (κ3) is 8.25. The predicted molar refractivity (Wildman–Crippen MR) is 145 cm³/mol. The lowest BCUT2D eigenvalue weighted by Gasteiger charge is -2.00. The van der Waals surface area contributed by atoms with Gasteiger partial charge in [0.05, 0.1) is 33.7 Å². The predicted octanol–water partition coefficient (Wildman–Crippen LogP) is 6.52. The van der Waals surface area contributed by atoms with E-state index in [2.05, 4.69) is 25.8 Å². The van der Waals surface area contributed by atoms with E-state index in [4.69, 9.17) is 69.6 Å². The molecule has 0 aliphatic rings. The van der Waals surface area contributed by atoms with Crippen LogP contribution in [0.3, 0.4) is 0 Å². The zero-order valence-electron chi connectivity index (χ0n) is 17.1. The van der Waals surface area contributed by atoms with Crippen molar-refractivity contribution in [1.82, 2.24) is 5.43 Å². The van der Waals surface area contributed by atoms with Gasteiger partial charge in [0.2, 0.25) is 0 Å². The number of rotatable bonds is 6. The number of nitrogens with zero attached hydrogens (tertiary/aromatic N) is 4. The van der Waals surface area contributed by atoms with Gasteiger partial charge in [-0.15, -0.1) is 0 Å². The van der Waals surface area contributed by atoms with Crippen molar-refractivity contribution < 1.29 is 5.43 Å². The molecule has 3 rings (SSSR count). The van der Waals surface area contributed by atoms with Gasteiger partial charge in [-0.1, -0.05) is 98.0 Å². The van der Waals surface area contributed by atoms with Crippen molar-refractivity contribution in [3.8, 4) is 0 Å². The fourth-order valence-electron chi connectivity index (χ4n) is 2.41. The summed E-state index contributed by atoms with van der Waals surface area (Å²) in [6.07, 6.45) is 4.55. The summed E-state index contributed by atoms with van der Waals surface area (Å²) in [5, 5.41) is 19.5. The van der Waals surface area contributed by atoms with Crippen LogP contribution >= 0.6 is 69.6 Å². The van der Waals surface area contributed by atoms with Crippen molar-refractivity contribution in [1.29, 1.82) is 0 Å². The van der Waals surface area contributed by atoms with Gasteiger partial charge in [-0.05, 0) is 36.4 Å². The standard InChI is InChI=1S/C22H14Cl6N6/c23-16-4-1-13(19(26)7-16)10-29-32-22(33-30-11-14-2-5-17(24)8-20(14)27)34-31-12-15-3-6-18(25)9-21(15)28/h1-12H,(H2,32,33,34)/p+1. The van der Waals surface area contributed by atoms with Gasteiger partial charge in [-0.3, -0.25) is 0 Å². The van der Waals surface area contributed by atoms with Gasteiger partial charge in [0, 0.05) is 31.8 Å². The van der Waals surface area contributed by atoms with Gasteiger partial charge in [0.25, 0.3) is 0 Å². The summed E-state index contributed by atoms with van der Waals surface area (Å²) in [5.41, 5.74) is 6.16. The summed E-state index contributed by atoms with van der Waals surface area (Å²) >= 11 is 36.3. The van der Waals surface area contributed by atoms with Crippen LogP contribution in [0.1, 0.15) is 16.7 Å². The minimum absolute atomic E-state index is 0.226. The van der Waals surface area contributed by atoms with E-state index >= 15 is 0 Å². The summed E-state index contributed by atoms with van der Waals surface area (Å²) in [6, 6.07) is 15.2. The molecule has 0 saturated carbocycles. The molecule has 3 N–H and O–H groups in total. The molecular formula is C22H15Cl6N6+. The first-order valence-electron chi connectivity index (χ1n) is 9.43. The molecule has 0 heterocycles. The van der Waals surface area contributed by atoms with E-state index in [1.807, 2.05) is 0 Å². The lowest BCUT2D eigenvalue weighted by Crippen LogP contribution is -2.85. The number of halogens is 6. The van der Waals surface area contributed by atoms with Crippen molar-refractivity contribution in [2.45, 2.75) is 0 Å². The van der Waals surface area contributed by atoms with Gasteiger partial charge in [-0.2, -0.15) is 15.6 Å². The molecule has 0 unspecified atom stereocenters. The van der Waals surface area contributed by atoms with Crippen LogP contribution in [0.25, 0.3) is 0 Å². The molecule has 0 aliphatic heterocycles. The van der Waals surface area contributed by atoms with Crippen LogP contribution in [0.2, 0.25) is 30.1 Å². The topological polar surface area (TPSA) is 78.1 Å². The fourth-order valence-corrected chi connectivity index (χ4v) is 3.78. The molecule has 0 amide bonds. The van der Waals surface area contributed by atoms with Gasteiger partial charge >= 0.3 is 5.96 Å². The first-order chi connectivity index (χ1) is 16.3. The number of quaternary nitrogens is 1. The van der Waals surface area contributed by atoms with Crippen molar-refractivity contribution in [2.24, 2.45) is 20.4 Å². The Morgan fingerprint density at radius 3 is 1.62 bits per heavy atom. The molecule has 174 valence electrons. The van der Waals surface area contributed by atoms with E-state index in [0.717, 1.165) is 0 Å². The second-order valence-electron chi connectivity index (χ2n) is 6.50. The van der Waals surface area contributed by atoms with Gasteiger partial charge < -0.3 is 0 Å². The van der Waals surface area contributed by atoms with Crippen LogP contribution in [0, 0.1) is 0 Å². The highest BCUT2D eigenvalue weighted by molar-refractivity contribution is 6.37. The van der Waals surface area contributed by atoms with Crippen molar-refractivity contribution in [3.63, 3.8) is 0 Å². The number of nitrogens with one attached hydrogen (secondary N) is 1. The van der Waals surface area contributed by atoms with Crippen LogP contribution < -0.4 is 10.9 Å².